The Morgan fingerprint density at radius 2 is 2.00 bits per heavy atom. The standard InChI is InChI=1S/C10H16ClNO/c11-7-10(5-1-2-6-10)12-9(13)8-3-4-8/h8H,1-7H2,(H,12,13). The summed E-state index contributed by atoms with van der Waals surface area (Å²) in [4.78, 5) is 11.6. The van der Waals surface area contributed by atoms with Gasteiger partial charge in [-0.2, -0.15) is 0 Å². The first-order valence-corrected chi connectivity index (χ1v) is 5.67. The number of halogens is 1. The number of hydrogen-bond donors (Lipinski definition) is 1. The first-order chi connectivity index (χ1) is 6.26. The van der Waals surface area contributed by atoms with Crippen LogP contribution in [0.4, 0.5) is 0 Å². The molecule has 0 aliphatic heterocycles. The van der Waals surface area contributed by atoms with Crippen LogP contribution in [0.15, 0.2) is 0 Å². The smallest absolute Gasteiger partial charge is 0.223 e. The van der Waals surface area contributed by atoms with E-state index in [1.165, 1.54) is 12.8 Å². The van der Waals surface area contributed by atoms with Crippen LogP contribution in [0.1, 0.15) is 38.5 Å². The molecule has 13 heavy (non-hydrogen) atoms. The fourth-order valence-corrected chi connectivity index (χ4v) is 2.39. The maximum atomic E-state index is 11.6. The van der Waals surface area contributed by atoms with Crippen molar-refractivity contribution in [3.8, 4) is 0 Å². The second-order valence-electron chi connectivity index (χ2n) is 4.38. The molecule has 0 unspecified atom stereocenters. The molecule has 2 rings (SSSR count). The Labute approximate surface area is 84.0 Å². The molecule has 1 amide bonds. The summed E-state index contributed by atoms with van der Waals surface area (Å²) in [5, 5.41) is 3.13. The Bertz CT molecular complexity index is 207. The largest absolute Gasteiger partial charge is 0.349 e. The maximum Gasteiger partial charge on any atom is 0.223 e. The highest BCUT2D eigenvalue weighted by Gasteiger charge is 2.38. The number of hydrogen-bond acceptors (Lipinski definition) is 1. The predicted molar refractivity (Wildman–Crippen MR) is 52.8 cm³/mol. The van der Waals surface area contributed by atoms with Gasteiger partial charge in [-0.3, -0.25) is 4.79 Å². The van der Waals surface area contributed by atoms with Crippen LogP contribution in [0, 0.1) is 5.92 Å². The maximum absolute atomic E-state index is 11.6. The molecule has 0 bridgehead atoms. The minimum Gasteiger partial charge on any atom is -0.349 e. The lowest BCUT2D eigenvalue weighted by atomic mass is 10.00. The van der Waals surface area contributed by atoms with E-state index in [4.69, 9.17) is 11.6 Å². The highest BCUT2D eigenvalue weighted by atomic mass is 35.5. The molecule has 0 atom stereocenters. The summed E-state index contributed by atoms with van der Waals surface area (Å²) >= 11 is 5.92. The van der Waals surface area contributed by atoms with Crippen LogP contribution in [0.3, 0.4) is 0 Å². The molecule has 2 nitrogen and oxygen atoms in total. The fourth-order valence-electron chi connectivity index (χ4n) is 2.05. The molecule has 0 heterocycles. The van der Waals surface area contributed by atoms with E-state index in [0.717, 1.165) is 25.7 Å². The molecular formula is C10H16ClNO. The van der Waals surface area contributed by atoms with Crippen molar-refractivity contribution in [1.29, 1.82) is 0 Å². The summed E-state index contributed by atoms with van der Waals surface area (Å²) in [7, 11) is 0. The molecule has 74 valence electrons. The lowest BCUT2D eigenvalue weighted by Crippen LogP contribution is -2.48. The Morgan fingerprint density at radius 3 is 2.46 bits per heavy atom. The molecule has 0 spiro atoms. The van der Waals surface area contributed by atoms with Gasteiger partial charge < -0.3 is 5.32 Å². The summed E-state index contributed by atoms with van der Waals surface area (Å²) in [6, 6.07) is 0. The van der Waals surface area contributed by atoms with Crippen LogP contribution < -0.4 is 5.32 Å². The normalized spacial score (nSPS) is 25.9. The van der Waals surface area contributed by atoms with Gasteiger partial charge in [-0.25, -0.2) is 0 Å². The molecule has 2 saturated carbocycles. The van der Waals surface area contributed by atoms with E-state index in [0.29, 0.717) is 11.8 Å². The van der Waals surface area contributed by atoms with E-state index in [9.17, 15) is 4.79 Å². The summed E-state index contributed by atoms with van der Waals surface area (Å²) in [6.07, 6.45) is 6.69. The van der Waals surface area contributed by atoms with Gasteiger partial charge in [0.1, 0.15) is 0 Å². The number of rotatable bonds is 3. The van der Waals surface area contributed by atoms with Crippen molar-refractivity contribution in [1.82, 2.24) is 5.32 Å². The first-order valence-electron chi connectivity index (χ1n) is 5.14. The van der Waals surface area contributed by atoms with Gasteiger partial charge >= 0.3 is 0 Å². The number of alkyl halides is 1. The van der Waals surface area contributed by atoms with Crippen molar-refractivity contribution in [2.45, 2.75) is 44.1 Å². The zero-order valence-electron chi connectivity index (χ0n) is 7.81. The van der Waals surface area contributed by atoms with Gasteiger partial charge in [0.05, 0.1) is 5.54 Å². The number of nitrogens with one attached hydrogen (secondary N) is 1. The van der Waals surface area contributed by atoms with Crippen LogP contribution in [0.2, 0.25) is 0 Å². The van der Waals surface area contributed by atoms with E-state index >= 15 is 0 Å². The van der Waals surface area contributed by atoms with Gasteiger partial charge in [-0.05, 0) is 25.7 Å². The number of carbonyl (C=O) groups excluding carboxylic acids is 1. The molecule has 3 heteroatoms. The predicted octanol–water partition coefficient (Wildman–Crippen LogP) is 2.06. The molecule has 0 aromatic carbocycles. The molecule has 2 fully saturated rings. The minimum atomic E-state index is -0.0543. The zero-order chi connectivity index (χ0) is 9.31. The molecule has 0 aromatic heterocycles. The van der Waals surface area contributed by atoms with Crippen molar-refractivity contribution in [3.05, 3.63) is 0 Å². The van der Waals surface area contributed by atoms with Crippen molar-refractivity contribution >= 4 is 17.5 Å². The Hall–Kier alpha value is -0.240. The summed E-state index contributed by atoms with van der Waals surface area (Å²) < 4.78 is 0. The summed E-state index contributed by atoms with van der Waals surface area (Å²) in [5.41, 5.74) is -0.0543. The molecule has 2 aliphatic rings. The van der Waals surface area contributed by atoms with Gasteiger partial charge in [-0.1, -0.05) is 12.8 Å². The Kier molecular flexibility index (Phi) is 2.50. The summed E-state index contributed by atoms with van der Waals surface area (Å²) in [5.74, 6) is 1.12. The zero-order valence-corrected chi connectivity index (χ0v) is 8.57. The monoisotopic (exact) mass is 201 g/mol. The van der Waals surface area contributed by atoms with Gasteiger partial charge in [0.15, 0.2) is 0 Å². The highest BCUT2D eigenvalue weighted by molar-refractivity contribution is 6.18. The fraction of sp³-hybridized carbons (Fsp3) is 0.900. The molecule has 2 aliphatic carbocycles. The highest BCUT2D eigenvalue weighted by Crippen LogP contribution is 2.34. The number of amides is 1. The number of carbonyl (C=O) groups is 1. The van der Waals surface area contributed by atoms with E-state index < -0.39 is 0 Å². The average molecular weight is 202 g/mol. The lowest BCUT2D eigenvalue weighted by Gasteiger charge is -2.27. The molecule has 0 saturated heterocycles. The SMILES string of the molecule is O=C(NC1(CCl)CCCC1)C1CC1. The third-order valence-electron chi connectivity index (χ3n) is 3.15. The quantitative estimate of drug-likeness (QED) is 0.696. The molecule has 0 aromatic rings. The van der Waals surface area contributed by atoms with Gasteiger partial charge in [0.2, 0.25) is 5.91 Å². The van der Waals surface area contributed by atoms with Gasteiger partial charge in [-0.15, -0.1) is 11.6 Å². The molecule has 1 N–H and O–H groups in total. The molecular weight excluding hydrogens is 186 g/mol. The van der Waals surface area contributed by atoms with Crippen LogP contribution in [0.25, 0.3) is 0 Å². The van der Waals surface area contributed by atoms with E-state index in [2.05, 4.69) is 5.32 Å². The third kappa shape index (κ3) is 1.98. The average Bonchev–Trinajstić information content (AvgIpc) is 2.89. The van der Waals surface area contributed by atoms with Crippen molar-refractivity contribution < 1.29 is 4.79 Å². The minimum absolute atomic E-state index is 0.0543. The van der Waals surface area contributed by atoms with Crippen molar-refractivity contribution in [2.24, 2.45) is 5.92 Å². The summed E-state index contributed by atoms with van der Waals surface area (Å²) in [6.45, 7) is 0. The van der Waals surface area contributed by atoms with Crippen LogP contribution in [-0.2, 0) is 4.79 Å². The van der Waals surface area contributed by atoms with Gasteiger partial charge in [0, 0.05) is 11.8 Å². The topological polar surface area (TPSA) is 29.1 Å². The Morgan fingerprint density at radius 1 is 1.38 bits per heavy atom. The van der Waals surface area contributed by atoms with E-state index in [1.807, 2.05) is 0 Å². The second kappa shape index (κ2) is 3.49. The third-order valence-corrected chi connectivity index (χ3v) is 3.66. The van der Waals surface area contributed by atoms with Crippen LogP contribution in [-0.4, -0.2) is 17.3 Å². The lowest BCUT2D eigenvalue weighted by molar-refractivity contribution is -0.124. The molecule has 0 radical (unpaired) electrons. The van der Waals surface area contributed by atoms with E-state index in [1.54, 1.807) is 0 Å². The van der Waals surface area contributed by atoms with Crippen LogP contribution in [0.5, 0.6) is 0 Å². The van der Waals surface area contributed by atoms with E-state index in [-0.39, 0.29) is 11.4 Å². The Balaban J connectivity index is 1.92. The van der Waals surface area contributed by atoms with Crippen LogP contribution >= 0.6 is 11.6 Å². The van der Waals surface area contributed by atoms with Gasteiger partial charge in [0.25, 0.3) is 0 Å². The van der Waals surface area contributed by atoms with Crippen molar-refractivity contribution in [2.75, 3.05) is 5.88 Å². The second-order valence-corrected chi connectivity index (χ2v) is 4.65. The van der Waals surface area contributed by atoms with Crippen molar-refractivity contribution in [3.63, 3.8) is 0 Å². The first kappa shape index (κ1) is 9.32.